The molecule has 0 spiro atoms. The van der Waals surface area contributed by atoms with Crippen molar-refractivity contribution in [3.8, 4) is 0 Å². The van der Waals surface area contributed by atoms with Gasteiger partial charge in [0.05, 0.1) is 6.54 Å². The van der Waals surface area contributed by atoms with Gasteiger partial charge in [-0.05, 0) is 49.3 Å². The summed E-state index contributed by atoms with van der Waals surface area (Å²) in [4.78, 5) is 12.1. The number of halogens is 1. The molecule has 0 aliphatic heterocycles. The van der Waals surface area contributed by atoms with Crippen molar-refractivity contribution in [3.63, 3.8) is 0 Å². The second-order valence-corrected chi connectivity index (χ2v) is 6.25. The number of rotatable bonds is 5. The number of amides is 1. The van der Waals surface area contributed by atoms with Crippen LogP contribution in [-0.2, 0) is 4.79 Å². The van der Waals surface area contributed by atoms with Gasteiger partial charge < -0.3 is 10.6 Å². The Morgan fingerprint density at radius 2 is 1.46 bits per heavy atom. The van der Waals surface area contributed by atoms with Crippen LogP contribution < -0.4 is 10.6 Å². The molecule has 128 valence electrons. The van der Waals surface area contributed by atoms with Gasteiger partial charge in [0.1, 0.15) is 0 Å². The van der Waals surface area contributed by atoms with Gasteiger partial charge in [-0.25, -0.2) is 0 Å². The first kappa shape index (κ1) is 18.3. The number of hydrogen-bond acceptors (Lipinski definition) is 2. The van der Waals surface area contributed by atoms with Crippen LogP contribution in [0.3, 0.4) is 0 Å². The normalized spacial score (nSPS) is 19.8. The van der Waals surface area contributed by atoms with Gasteiger partial charge in [-0.3, -0.25) is 4.79 Å². The first-order valence-corrected chi connectivity index (χ1v) is 8.44. The second-order valence-electron chi connectivity index (χ2n) is 6.25. The zero-order chi connectivity index (χ0) is 15.9. The maximum atomic E-state index is 12.1. The van der Waals surface area contributed by atoms with Crippen LogP contribution in [0, 0.1) is 0 Å². The lowest BCUT2D eigenvalue weighted by Gasteiger charge is -2.29. The fourth-order valence-electron chi connectivity index (χ4n) is 3.31. The molecule has 0 radical (unpaired) electrons. The van der Waals surface area contributed by atoms with Crippen molar-refractivity contribution in [3.05, 3.63) is 66.2 Å². The zero-order valence-electron chi connectivity index (χ0n) is 13.8. The fraction of sp³-hybridized carbons (Fsp3) is 0.350. The van der Waals surface area contributed by atoms with Gasteiger partial charge in [0.25, 0.3) is 0 Å². The summed E-state index contributed by atoms with van der Waals surface area (Å²) in [5.41, 5.74) is 2.42. The Hall–Kier alpha value is -2.00. The topological polar surface area (TPSA) is 41.1 Å². The molecule has 0 unspecified atom stereocenters. The Morgan fingerprint density at radius 1 is 0.875 bits per heavy atom. The molecular weight excluding hydrogens is 320 g/mol. The fourth-order valence-corrected chi connectivity index (χ4v) is 3.31. The van der Waals surface area contributed by atoms with Crippen LogP contribution in [-0.4, -0.2) is 18.5 Å². The summed E-state index contributed by atoms with van der Waals surface area (Å²) in [6.07, 6.45) is 4.44. The van der Waals surface area contributed by atoms with Crippen molar-refractivity contribution >= 4 is 24.0 Å². The minimum atomic E-state index is 0. The lowest BCUT2D eigenvalue weighted by atomic mass is 9.82. The Labute approximate surface area is 150 Å². The standard InChI is InChI=1S/C20H24N2O.ClH/c23-20(15-21-18-9-5-2-6-10-18)22-19-13-11-17(12-14-19)16-7-3-1-4-8-16;/h1-10,17,19,21H,11-15H2,(H,22,23);1H. The minimum Gasteiger partial charge on any atom is -0.376 e. The number of hydrogen-bond donors (Lipinski definition) is 2. The van der Waals surface area contributed by atoms with Crippen LogP contribution in [0.2, 0.25) is 0 Å². The van der Waals surface area contributed by atoms with Gasteiger partial charge in [0, 0.05) is 11.7 Å². The van der Waals surface area contributed by atoms with Crippen molar-refractivity contribution in [1.29, 1.82) is 0 Å². The third kappa shape index (κ3) is 5.27. The molecule has 24 heavy (non-hydrogen) atoms. The van der Waals surface area contributed by atoms with E-state index in [1.54, 1.807) is 0 Å². The highest BCUT2D eigenvalue weighted by Crippen LogP contribution is 2.32. The Morgan fingerprint density at radius 3 is 2.08 bits per heavy atom. The van der Waals surface area contributed by atoms with Crippen LogP contribution in [0.4, 0.5) is 5.69 Å². The summed E-state index contributed by atoms with van der Waals surface area (Å²) in [5.74, 6) is 0.726. The molecule has 0 bridgehead atoms. The molecular formula is C20H25ClN2O. The predicted molar refractivity (Wildman–Crippen MR) is 102 cm³/mol. The molecule has 0 heterocycles. The van der Waals surface area contributed by atoms with Crippen molar-refractivity contribution in [2.24, 2.45) is 0 Å². The molecule has 1 amide bonds. The number of benzene rings is 2. The molecule has 2 aromatic carbocycles. The molecule has 2 aromatic rings. The van der Waals surface area contributed by atoms with E-state index in [0.29, 0.717) is 18.5 Å². The zero-order valence-corrected chi connectivity index (χ0v) is 14.6. The number of carbonyl (C=O) groups excluding carboxylic acids is 1. The minimum absolute atomic E-state index is 0. The summed E-state index contributed by atoms with van der Waals surface area (Å²) in [6.45, 7) is 0.336. The van der Waals surface area contributed by atoms with E-state index in [9.17, 15) is 4.79 Å². The molecule has 1 aliphatic carbocycles. The molecule has 4 heteroatoms. The third-order valence-corrected chi connectivity index (χ3v) is 4.59. The molecule has 0 atom stereocenters. The smallest absolute Gasteiger partial charge is 0.239 e. The monoisotopic (exact) mass is 344 g/mol. The number of para-hydroxylation sites is 1. The van der Waals surface area contributed by atoms with E-state index in [4.69, 9.17) is 0 Å². The third-order valence-electron chi connectivity index (χ3n) is 4.59. The summed E-state index contributed by atoms with van der Waals surface area (Å²) in [6, 6.07) is 20.9. The van der Waals surface area contributed by atoms with Crippen LogP contribution in [0.25, 0.3) is 0 Å². The Kier molecular flexibility index (Phi) is 7.13. The van der Waals surface area contributed by atoms with Crippen LogP contribution >= 0.6 is 12.4 Å². The highest BCUT2D eigenvalue weighted by molar-refractivity contribution is 5.85. The molecule has 1 aliphatic rings. The van der Waals surface area contributed by atoms with Crippen LogP contribution in [0.5, 0.6) is 0 Å². The number of carbonyl (C=O) groups is 1. The molecule has 2 N–H and O–H groups in total. The van der Waals surface area contributed by atoms with E-state index in [1.165, 1.54) is 5.56 Å². The highest BCUT2D eigenvalue weighted by atomic mass is 35.5. The van der Waals surface area contributed by atoms with E-state index >= 15 is 0 Å². The average Bonchev–Trinajstić information content (AvgIpc) is 2.62. The lowest BCUT2D eigenvalue weighted by molar-refractivity contribution is -0.120. The van der Waals surface area contributed by atoms with Crippen molar-refractivity contribution < 1.29 is 4.79 Å². The van der Waals surface area contributed by atoms with Gasteiger partial charge in [-0.2, -0.15) is 0 Å². The molecule has 1 saturated carbocycles. The average molecular weight is 345 g/mol. The second kappa shape index (κ2) is 9.33. The molecule has 0 aromatic heterocycles. The lowest BCUT2D eigenvalue weighted by Crippen LogP contribution is -2.40. The molecule has 1 fully saturated rings. The van der Waals surface area contributed by atoms with E-state index in [0.717, 1.165) is 31.4 Å². The van der Waals surface area contributed by atoms with Gasteiger partial charge in [-0.1, -0.05) is 48.5 Å². The Balaban J connectivity index is 0.00000208. The maximum absolute atomic E-state index is 12.1. The van der Waals surface area contributed by atoms with Crippen molar-refractivity contribution in [2.45, 2.75) is 37.6 Å². The van der Waals surface area contributed by atoms with Gasteiger partial charge >= 0.3 is 0 Å². The van der Waals surface area contributed by atoms with E-state index in [-0.39, 0.29) is 18.3 Å². The first-order valence-electron chi connectivity index (χ1n) is 8.44. The van der Waals surface area contributed by atoms with E-state index < -0.39 is 0 Å². The summed E-state index contributed by atoms with van der Waals surface area (Å²) in [7, 11) is 0. The predicted octanol–water partition coefficient (Wildman–Crippen LogP) is 4.36. The largest absolute Gasteiger partial charge is 0.376 e. The molecule has 0 saturated heterocycles. The SMILES string of the molecule is Cl.O=C(CNc1ccccc1)NC1CCC(c2ccccc2)CC1. The van der Waals surface area contributed by atoms with Crippen molar-refractivity contribution in [2.75, 3.05) is 11.9 Å². The van der Waals surface area contributed by atoms with Gasteiger partial charge in [0.2, 0.25) is 5.91 Å². The van der Waals surface area contributed by atoms with E-state index in [2.05, 4.69) is 41.0 Å². The summed E-state index contributed by atoms with van der Waals surface area (Å²) in [5, 5.41) is 6.32. The number of nitrogens with one attached hydrogen (secondary N) is 2. The van der Waals surface area contributed by atoms with E-state index in [1.807, 2.05) is 30.3 Å². The molecule has 3 rings (SSSR count). The van der Waals surface area contributed by atoms with Crippen molar-refractivity contribution in [1.82, 2.24) is 5.32 Å². The quantitative estimate of drug-likeness (QED) is 0.846. The van der Waals surface area contributed by atoms with Gasteiger partial charge in [0.15, 0.2) is 0 Å². The first-order chi connectivity index (χ1) is 11.3. The van der Waals surface area contributed by atoms with Crippen LogP contribution in [0.15, 0.2) is 60.7 Å². The summed E-state index contributed by atoms with van der Waals surface area (Å²) < 4.78 is 0. The maximum Gasteiger partial charge on any atom is 0.239 e. The highest BCUT2D eigenvalue weighted by Gasteiger charge is 2.23. The Bertz CT molecular complexity index is 610. The van der Waals surface area contributed by atoms with Gasteiger partial charge in [-0.15, -0.1) is 12.4 Å². The van der Waals surface area contributed by atoms with Crippen LogP contribution in [0.1, 0.15) is 37.2 Å². The molecule has 3 nitrogen and oxygen atoms in total. The summed E-state index contributed by atoms with van der Waals surface area (Å²) >= 11 is 0. The number of anilines is 1.